The van der Waals surface area contributed by atoms with E-state index in [0.29, 0.717) is 5.02 Å². The number of benzene rings is 1. The zero-order chi connectivity index (χ0) is 13.9. The zero-order valence-electron chi connectivity index (χ0n) is 10.2. The summed E-state index contributed by atoms with van der Waals surface area (Å²) in [5.41, 5.74) is 0.848. The predicted octanol–water partition coefficient (Wildman–Crippen LogP) is 2.77. The number of pyridine rings is 1. The van der Waals surface area contributed by atoms with Crippen LogP contribution in [0.4, 0.5) is 0 Å². The van der Waals surface area contributed by atoms with E-state index in [2.05, 4.69) is 9.71 Å². The van der Waals surface area contributed by atoms with Gasteiger partial charge in [-0.25, -0.2) is 13.1 Å². The van der Waals surface area contributed by atoms with Crippen molar-refractivity contribution in [2.75, 3.05) is 0 Å². The van der Waals surface area contributed by atoms with Gasteiger partial charge in [0, 0.05) is 23.5 Å². The number of nitrogens with zero attached hydrogens (tertiary/aromatic N) is 1. The first-order valence-electron chi connectivity index (χ1n) is 5.67. The molecule has 1 heterocycles. The predicted molar refractivity (Wildman–Crippen MR) is 74.4 cm³/mol. The molecule has 0 spiro atoms. The van der Waals surface area contributed by atoms with Crippen LogP contribution in [0.3, 0.4) is 0 Å². The fourth-order valence-electron chi connectivity index (χ4n) is 1.66. The molecule has 100 valence electrons. The lowest BCUT2D eigenvalue weighted by Crippen LogP contribution is -2.26. The molecule has 0 saturated carbocycles. The Morgan fingerprint density at radius 1 is 1.21 bits per heavy atom. The first kappa shape index (κ1) is 14.0. The van der Waals surface area contributed by atoms with Crippen molar-refractivity contribution in [3.63, 3.8) is 0 Å². The lowest BCUT2D eigenvalue weighted by molar-refractivity contribution is 0.567. The molecule has 1 N–H and O–H groups in total. The highest BCUT2D eigenvalue weighted by Gasteiger charge is 2.18. The molecular formula is C13H13ClN2O2S. The lowest BCUT2D eigenvalue weighted by atomic mass is 10.1. The van der Waals surface area contributed by atoms with Crippen LogP contribution < -0.4 is 4.72 Å². The Morgan fingerprint density at radius 2 is 1.89 bits per heavy atom. The van der Waals surface area contributed by atoms with Crippen LogP contribution in [-0.4, -0.2) is 13.4 Å². The smallest absolute Gasteiger partial charge is 0.241 e. The third-order valence-corrected chi connectivity index (χ3v) is 4.42. The zero-order valence-corrected chi connectivity index (χ0v) is 11.8. The summed E-state index contributed by atoms with van der Waals surface area (Å²) in [4.78, 5) is 4.05. The number of rotatable bonds is 4. The van der Waals surface area contributed by atoms with Gasteiger partial charge in [0.1, 0.15) is 0 Å². The molecule has 0 aliphatic heterocycles. The van der Waals surface area contributed by atoms with Crippen molar-refractivity contribution in [1.82, 2.24) is 9.71 Å². The fourth-order valence-corrected chi connectivity index (χ4v) is 3.19. The van der Waals surface area contributed by atoms with Gasteiger partial charge in [-0.2, -0.15) is 0 Å². The summed E-state index contributed by atoms with van der Waals surface area (Å²) in [7, 11) is -3.59. The van der Waals surface area contributed by atoms with Crippen LogP contribution in [0.5, 0.6) is 0 Å². The van der Waals surface area contributed by atoms with Crippen molar-refractivity contribution in [1.29, 1.82) is 0 Å². The van der Waals surface area contributed by atoms with Gasteiger partial charge in [0.05, 0.1) is 4.90 Å². The Morgan fingerprint density at radius 3 is 2.53 bits per heavy atom. The molecule has 6 heteroatoms. The molecule has 1 aromatic carbocycles. The average Bonchev–Trinajstić information content (AvgIpc) is 2.39. The summed E-state index contributed by atoms with van der Waals surface area (Å²) in [6.07, 6.45) is 3.25. The number of nitrogens with one attached hydrogen (secondary N) is 1. The maximum atomic E-state index is 12.2. The van der Waals surface area contributed by atoms with Crippen molar-refractivity contribution in [2.24, 2.45) is 0 Å². The van der Waals surface area contributed by atoms with E-state index >= 15 is 0 Å². The highest BCUT2D eigenvalue weighted by molar-refractivity contribution is 7.89. The van der Waals surface area contributed by atoms with E-state index in [1.165, 1.54) is 12.1 Å². The van der Waals surface area contributed by atoms with E-state index in [1.54, 1.807) is 43.6 Å². The Labute approximate surface area is 117 Å². The number of sulfonamides is 1. The van der Waals surface area contributed by atoms with E-state index in [1.807, 2.05) is 0 Å². The number of halogens is 1. The molecule has 2 aromatic rings. The Balaban J connectivity index is 2.23. The summed E-state index contributed by atoms with van der Waals surface area (Å²) in [6.45, 7) is 1.78. The lowest BCUT2D eigenvalue weighted by Gasteiger charge is -2.14. The molecule has 0 amide bonds. The van der Waals surface area contributed by atoms with Crippen LogP contribution in [0, 0.1) is 0 Å². The highest BCUT2D eigenvalue weighted by Crippen LogP contribution is 2.18. The fraction of sp³-hybridized carbons (Fsp3) is 0.154. The van der Waals surface area contributed by atoms with E-state index in [-0.39, 0.29) is 10.9 Å². The topological polar surface area (TPSA) is 59.1 Å². The minimum Gasteiger partial charge on any atom is -0.265 e. The third kappa shape index (κ3) is 3.53. The molecule has 0 radical (unpaired) electrons. The standard InChI is InChI=1S/C13H13ClN2O2S/c1-10(11-5-7-15-8-6-11)16-19(17,18)13-4-2-3-12(14)9-13/h2-10,16H,1H3. The molecule has 2 rings (SSSR count). The molecule has 1 atom stereocenters. The number of aromatic nitrogens is 1. The molecule has 0 bridgehead atoms. The summed E-state index contributed by atoms with van der Waals surface area (Å²) in [5, 5.41) is 0.388. The van der Waals surface area contributed by atoms with Crippen LogP contribution in [0.15, 0.2) is 53.7 Å². The molecular weight excluding hydrogens is 284 g/mol. The molecule has 1 unspecified atom stereocenters. The van der Waals surface area contributed by atoms with Crippen molar-refractivity contribution < 1.29 is 8.42 Å². The summed E-state index contributed by atoms with van der Waals surface area (Å²) in [6, 6.07) is 9.36. The monoisotopic (exact) mass is 296 g/mol. The van der Waals surface area contributed by atoms with Gasteiger partial charge in [0.2, 0.25) is 10.0 Å². The Bertz CT molecular complexity index is 659. The Kier molecular flexibility index (Phi) is 4.19. The second-order valence-corrected chi connectivity index (χ2v) is 6.23. The van der Waals surface area contributed by atoms with Gasteiger partial charge in [0.25, 0.3) is 0 Å². The summed E-state index contributed by atoms with van der Waals surface area (Å²) >= 11 is 5.80. The largest absolute Gasteiger partial charge is 0.265 e. The van der Waals surface area contributed by atoms with Crippen molar-refractivity contribution in [3.05, 3.63) is 59.4 Å². The minimum atomic E-state index is -3.59. The second-order valence-electron chi connectivity index (χ2n) is 4.08. The van der Waals surface area contributed by atoms with Gasteiger partial charge in [-0.1, -0.05) is 17.7 Å². The van der Waals surface area contributed by atoms with Crippen molar-refractivity contribution >= 4 is 21.6 Å². The van der Waals surface area contributed by atoms with Gasteiger partial charge in [-0.15, -0.1) is 0 Å². The van der Waals surface area contributed by atoms with Gasteiger partial charge >= 0.3 is 0 Å². The maximum absolute atomic E-state index is 12.2. The SMILES string of the molecule is CC(NS(=O)(=O)c1cccc(Cl)c1)c1ccncc1. The van der Waals surface area contributed by atoms with Gasteiger partial charge in [-0.3, -0.25) is 4.98 Å². The second kappa shape index (κ2) is 5.69. The van der Waals surface area contributed by atoms with E-state index in [9.17, 15) is 8.42 Å². The van der Waals surface area contributed by atoms with Crippen molar-refractivity contribution in [2.45, 2.75) is 17.9 Å². The highest BCUT2D eigenvalue weighted by atomic mass is 35.5. The first-order valence-corrected chi connectivity index (χ1v) is 7.53. The Hall–Kier alpha value is -1.43. The summed E-state index contributed by atoms with van der Waals surface area (Å²) < 4.78 is 27.0. The number of hydrogen-bond acceptors (Lipinski definition) is 3. The van der Waals surface area contributed by atoms with Gasteiger partial charge < -0.3 is 0 Å². The molecule has 0 saturated heterocycles. The van der Waals surface area contributed by atoms with Gasteiger partial charge in [-0.05, 0) is 42.8 Å². The molecule has 19 heavy (non-hydrogen) atoms. The van der Waals surface area contributed by atoms with Gasteiger partial charge in [0.15, 0.2) is 0 Å². The van der Waals surface area contributed by atoms with Crippen molar-refractivity contribution in [3.8, 4) is 0 Å². The normalized spacial score (nSPS) is 13.2. The van der Waals surface area contributed by atoms with Crippen LogP contribution in [-0.2, 0) is 10.0 Å². The first-order chi connectivity index (χ1) is 8.99. The molecule has 1 aromatic heterocycles. The van der Waals surface area contributed by atoms with Crippen LogP contribution in [0.25, 0.3) is 0 Å². The average molecular weight is 297 g/mol. The third-order valence-electron chi connectivity index (χ3n) is 2.64. The van der Waals surface area contributed by atoms with Crippen LogP contribution >= 0.6 is 11.6 Å². The minimum absolute atomic E-state index is 0.154. The molecule has 0 fully saturated rings. The summed E-state index contributed by atoms with van der Waals surface area (Å²) in [5.74, 6) is 0. The quantitative estimate of drug-likeness (QED) is 0.944. The maximum Gasteiger partial charge on any atom is 0.241 e. The van der Waals surface area contributed by atoms with Crippen LogP contribution in [0.2, 0.25) is 5.02 Å². The van der Waals surface area contributed by atoms with Crippen LogP contribution in [0.1, 0.15) is 18.5 Å². The molecule has 4 nitrogen and oxygen atoms in total. The van der Waals surface area contributed by atoms with E-state index < -0.39 is 10.0 Å². The van der Waals surface area contributed by atoms with E-state index in [4.69, 9.17) is 11.6 Å². The molecule has 0 aliphatic carbocycles. The molecule has 0 aliphatic rings. The van der Waals surface area contributed by atoms with E-state index in [0.717, 1.165) is 5.56 Å². The number of hydrogen-bond donors (Lipinski definition) is 1.